The molecular weight excluding hydrogens is 670 g/mol. The number of ether oxygens (including phenoxy) is 2. The Kier molecular flexibility index (Phi) is 8.32. The Morgan fingerprint density at radius 3 is 2.59 bits per heavy atom. The van der Waals surface area contributed by atoms with E-state index in [1.165, 1.54) is 16.8 Å². The largest absolute Gasteiger partial charge is 0.490 e. The van der Waals surface area contributed by atoms with Crippen molar-refractivity contribution < 1.29 is 14.3 Å². The minimum Gasteiger partial charge on any atom is -0.490 e. The second-order valence-electron chi connectivity index (χ2n) is 8.58. The maximum atomic E-state index is 13.0. The minimum atomic E-state index is -0.496. The van der Waals surface area contributed by atoms with Crippen molar-refractivity contribution in [2.24, 2.45) is 10.1 Å². The van der Waals surface area contributed by atoms with E-state index in [4.69, 9.17) is 38.1 Å². The highest BCUT2D eigenvalue weighted by molar-refractivity contribution is 14.1. The van der Waals surface area contributed by atoms with Crippen molar-refractivity contribution in [2.45, 2.75) is 20.5 Å². The van der Waals surface area contributed by atoms with Crippen molar-refractivity contribution in [2.75, 3.05) is 6.61 Å². The molecule has 0 unspecified atom stereocenters. The SMILES string of the molecule is CCOc1cc(/C=C2/C(=N)N3N=C(c4ccc(C)cc4)SC3=NC2=O)cc(I)c1OCc1ccc(Cl)cc1Cl. The van der Waals surface area contributed by atoms with Crippen LogP contribution in [-0.4, -0.2) is 33.6 Å². The number of hydrogen-bond acceptors (Lipinski definition) is 6. The number of hydrazone groups is 1. The Balaban J connectivity index is 1.42. The smallest absolute Gasteiger partial charge is 0.283 e. The van der Waals surface area contributed by atoms with Gasteiger partial charge in [0.25, 0.3) is 5.91 Å². The quantitative estimate of drug-likeness (QED) is 0.204. The van der Waals surface area contributed by atoms with Gasteiger partial charge in [-0.15, -0.1) is 0 Å². The van der Waals surface area contributed by atoms with E-state index in [1.54, 1.807) is 24.3 Å². The van der Waals surface area contributed by atoms with Gasteiger partial charge in [-0.05, 0) is 84.1 Å². The Bertz CT molecular complexity index is 1590. The number of benzene rings is 3. The number of aliphatic imine (C=N–C) groups is 1. The summed E-state index contributed by atoms with van der Waals surface area (Å²) >= 11 is 15.7. The summed E-state index contributed by atoms with van der Waals surface area (Å²) in [5, 5.41) is 16.8. The fourth-order valence-electron chi connectivity index (χ4n) is 3.83. The maximum absolute atomic E-state index is 13.0. The first-order valence-corrected chi connectivity index (χ1v) is 14.5. The van der Waals surface area contributed by atoms with E-state index in [2.05, 4.69) is 32.7 Å². The van der Waals surface area contributed by atoms with Gasteiger partial charge >= 0.3 is 0 Å². The van der Waals surface area contributed by atoms with Crippen LogP contribution in [-0.2, 0) is 11.4 Å². The number of nitrogens with zero attached hydrogens (tertiary/aromatic N) is 3. The zero-order chi connectivity index (χ0) is 27.7. The molecule has 0 bridgehead atoms. The van der Waals surface area contributed by atoms with Crippen LogP contribution >= 0.6 is 57.6 Å². The highest BCUT2D eigenvalue weighted by Crippen LogP contribution is 2.37. The van der Waals surface area contributed by atoms with Crippen LogP contribution in [0.1, 0.15) is 29.2 Å². The fraction of sp³-hybridized carbons (Fsp3) is 0.143. The van der Waals surface area contributed by atoms with Crippen molar-refractivity contribution in [1.82, 2.24) is 5.01 Å². The van der Waals surface area contributed by atoms with Gasteiger partial charge in [0, 0.05) is 21.2 Å². The molecule has 0 aliphatic carbocycles. The van der Waals surface area contributed by atoms with Gasteiger partial charge in [0.05, 0.1) is 15.8 Å². The van der Waals surface area contributed by atoms with Gasteiger partial charge in [-0.2, -0.15) is 15.1 Å². The number of halogens is 3. The first-order valence-electron chi connectivity index (χ1n) is 11.8. The average Bonchev–Trinajstić information content (AvgIpc) is 3.32. The van der Waals surface area contributed by atoms with Crippen molar-refractivity contribution in [1.29, 1.82) is 5.41 Å². The second-order valence-corrected chi connectivity index (χ2v) is 11.5. The summed E-state index contributed by atoms with van der Waals surface area (Å²) in [6.07, 6.45) is 1.62. The average molecular weight is 691 g/mol. The number of nitrogens with one attached hydrogen (secondary N) is 1. The zero-order valence-electron chi connectivity index (χ0n) is 20.8. The predicted octanol–water partition coefficient (Wildman–Crippen LogP) is 7.55. The normalized spacial score (nSPS) is 15.8. The van der Waals surface area contributed by atoms with Crippen LogP contribution in [0.4, 0.5) is 0 Å². The van der Waals surface area contributed by atoms with Gasteiger partial charge in [-0.3, -0.25) is 10.2 Å². The standard InChI is InChI=1S/C28H21Cl2IN4O3S/c1-3-37-23-12-16(11-22(31)24(23)38-14-18-8-9-19(29)13-21(18)30)10-20-25(32)35-28(33-26(20)36)39-27(34-35)17-6-4-15(2)5-7-17/h4-13,32H,3,14H2,1-2H3/b20-10-,32-25?. The number of amides is 1. The maximum Gasteiger partial charge on any atom is 0.283 e. The van der Waals surface area contributed by atoms with Crippen LogP contribution < -0.4 is 9.47 Å². The summed E-state index contributed by atoms with van der Waals surface area (Å²) in [5.74, 6) is 0.533. The Labute approximate surface area is 253 Å². The summed E-state index contributed by atoms with van der Waals surface area (Å²) in [5.41, 5.74) is 3.63. The van der Waals surface area contributed by atoms with E-state index in [0.29, 0.717) is 43.9 Å². The molecule has 0 saturated carbocycles. The molecule has 198 valence electrons. The van der Waals surface area contributed by atoms with Gasteiger partial charge in [0.1, 0.15) is 11.7 Å². The third-order valence-corrected chi connectivity index (χ3v) is 8.13. The van der Waals surface area contributed by atoms with Crippen molar-refractivity contribution in [3.63, 3.8) is 0 Å². The highest BCUT2D eigenvalue weighted by atomic mass is 127. The van der Waals surface area contributed by atoms with Crippen molar-refractivity contribution in [3.05, 3.63) is 96.0 Å². The van der Waals surface area contributed by atoms with Crippen LogP contribution in [0.15, 0.2) is 70.3 Å². The number of carbonyl (C=O) groups is 1. The van der Waals surface area contributed by atoms with Gasteiger partial charge in [-0.25, -0.2) is 0 Å². The summed E-state index contributed by atoms with van der Waals surface area (Å²) in [4.78, 5) is 17.2. The Hall–Kier alpha value is -2.86. The van der Waals surface area contributed by atoms with E-state index < -0.39 is 5.91 Å². The lowest BCUT2D eigenvalue weighted by Crippen LogP contribution is -2.35. The molecule has 5 rings (SSSR count). The molecule has 2 heterocycles. The number of carbonyl (C=O) groups excluding carboxylic acids is 1. The van der Waals surface area contributed by atoms with Gasteiger partial charge in [-0.1, -0.05) is 59.1 Å². The lowest BCUT2D eigenvalue weighted by molar-refractivity contribution is -0.114. The molecule has 1 N–H and O–H groups in total. The molecule has 7 nitrogen and oxygen atoms in total. The Morgan fingerprint density at radius 1 is 1.10 bits per heavy atom. The van der Waals surface area contributed by atoms with Crippen molar-refractivity contribution >= 4 is 85.6 Å². The summed E-state index contributed by atoms with van der Waals surface area (Å²) in [6, 6.07) is 16.8. The van der Waals surface area contributed by atoms with Gasteiger partial charge in [0.2, 0.25) is 5.17 Å². The molecule has 0 saturated heterocycles. The molecule has 0 radical (unpaired) electrons. The number of aryl methyl sites for hydroxylation is 1. The lowest BCUT2D eigenvalue weighted by Gasteiger charge is -2.20. The van der Waals surface area contributed by atoms with E-state index in [9.17, 15) is 4.79 Å². The molecule has 11 heteroatoms. The molecule has 0 atom stereocenters. The first-order chi connectivity index (χ1) is 18.7. The fourth-order valence-corrected chi connectivity index (χ4v) is 5.98. The van der Waals surface area contributed by atoms with E-state index in [1.807, 2.05) is 50.2 Å². The molecular formula is C28H21Cl2IN4O3S. The van der Waals surface area contributed by atoms with Crippen LogP contribution in [0.2, 0.25) is 10.0 Å². The summed E-state index contributed by atoms with van der Waals surface area (Å²) in [6.45, 7) is 4.53. The van der Waals surface area contributed by atoms with Crippen LogP contribution in [0.5, 0.6) is 11.5 Å². The molecule has 1 amide bonds. The molecule has 3 aromatic rings. The molecule has 2 aliphatic rings. The van der Waals surface area contributed by atoms with Gasteiger partial charge in [0.15, 0.2) is 17.3 Å². The van der Waals surface area contributed by atoms with Crippen LogP contribution in [0.25, 0.3) is 6.08 Å². The number of amidine groups is 2. The third kappa shape index (κ3) is 6.01. The summed E-state index contributed by atoms with van der Waals surface area (Å²) < 4.78 is 12.7. The Morgan fingerprint density at radius 2 is 1.87 bits per heavy atom. The van der Waals surface area contributed by atoms with E-state index in [0.717, 1.165) is 20.3 Å². The molecule has 3 aromatic carbocycles. The first kappa shape index (κ1) is 27.7. The third-order valence-electron chi connectivity index (χ3n) is 5.78. The molecule has 0 spiro atoms. The van der Waals surface area contributed by atoms with Crippen LogP contribution in [0, 0.1) is 15.9 Å². The minimum absolute atomic E-state index is 0.0368. The number of hydrogen-bond donors (Lipinski definition) is 1. The monoisotopic (exact) mass is 690 g/mol. The van der Waals surface area contributed by atoms with Crippen molar-refractivity contribution in [3.8, 4) is 11.5 Å². The molecule has 2 aliphatic heterocycles. The second kappa shape index (κ2) is 11.7. The molecule has 39 heavy (non-hydrogen) atoms. The topological polar surface area (TPSA) is 87.3 Å². The van der Waals surface area contributed by atoms with E-state index in [-0.39, 0.29) is 18.0 Å². The molecule has 0 aromatic heterocycles. The number of thioether (sulfide) groups is 1. The van der Waals surface area contributed by atoms with Gasteiger partial charge < -0.3 is 9.47 Å². The predicted molar refractivity (Wildman–Crippen MR) is 166 cm³/mol. The summed E-state index contributed by atoms with van der Waals surface area (Å²) in [7, 11) is 0. The number of rotatable bonds is 7. The van der Waals surface area contributed by atoms with E-state index >= 15 is 0 Å². The lowest BCUT2D eigenvalue weighted by atomic mass is 10.1. The molecule has 0 fully saturated rings. The zero-order valence-corrected chi connectivity index (χ0v) is 25.3. The highest BCUT2D eigenvalue weighted by Gasteiger charge is 2.36. The number of fused-ring (bicyclic) bond motifs is 1. The van der Waals surface area contributed by atoms with Crippen LogP contribution in [0.3, 0.4) is 0 Å².